The van der Waals surface area contributed by atoms with Crippen LogP contribution in [-0.4, -0.2) is 22.7 Å². The third-order valence-electron chi connectivity index (χ3n) is 4.78. The van der Waals surface area contributed by atoms with Crippen LogP contribution in [0.4, 0.5) is 4.39 Å². The van der Waals surface area contributed by atoms with E-state index in [2.05, 4.69) is 41.2 Å². The zero-order chi connectivity index (χ0) is 19.3. The second kappa shape index (κ2) is 12.4. The third-order valence-corrected chi connectivity index (χ3v) is 4.78. The molecule has 27 heavy (non-hydrogen) atoms. The number of rotatable bonds is 13. The highest BCUT2D eigenvalue weighted by Crippen LogP contribution is 2.19. The number of hydrogen-bond acceptors (Lipinski definition) is 3. The molecule has 1 aromatic carbocycles. The highest BCUT2D eigenvalue weighted by molar-refractivity contribution is 5.55. The van der Waals surface area contributed by atoms with Crippen LogP contribution in [0.25, 0.3) is 11.4 Å². The molecule has 0 aliphatic heterocycles. The molecule has 0 fully saturated rings. The van der Waals surface area contributed by atoms with Crippen molar-refractivity contribution in [1.29, 1.82) is 0 Å². The molecule has 0 bridgehead atoms. The Labute approximate surface area is 163 Å². The van der Waals surface area contributed by atoms with Crippen molar-refractivity contribution in [3.8, 4) is 17.1 Å². The lowest BCUT2D eigenvalue weighted by atomic mass is 10.0. The van der Waals surface area contributed by atoms with Gasteiger partial charge in [0, 0.05) is 5.56 Å². The first-order valence-electron chi connectivity index (χ1n) is 10.4. The minimum Gasteiger partial charge on any atom is -0.490 e. The molecule has 1 atom stereocenters. The van der Waals surface area contributed by atoms with Crippen LogP contribution in [0.1, 0.15) is 70.8 Å². The molecule has 148 valence electrons. The molecule has 4 heteroatoms. The molecule has 0 amide bonds. The van der Waals surface area contributed by atoms with Crippen molar-refractivity contribution in [3.05, 3.63) is 42.2 Å². The Morgan fingerprint density at radius 2 is 1.67 bits per heavy atom. The summed E-state index contributed by atoms with van der Waals surface area (Å²) in [6, 6.07) is 8.34. The van der Waals surface area contributed by atoms with Gasteiger partial charge in [-0.15, -0.1) is 0 Å². The first-order chi connectivity index (χ1) is 13.2. The van der Waals surface area contributed by atoms with E-state index in [1.54, 1.807) is 12.4 Å². The molecule has 0 saturated carbocycles. The summed E-state index contributed by atoms with van der Waals surface area (Å²) in [6.45, 7) is 4.82. The van der Waals surface area contributed by atoms with Gasteiger partial charge in [0.25, 0.3) is 0 Å². The Morgan fingerprint density at radius 3 is 2.33 bits per heavy atom. The summed E-state index contributed by atoms with van der Waals surface area (Å²) < 4.78 is 18.9. The second-order valence-corrected chi connectivity index (χ2v) is 7.10. The van der Waals surface area contributed by atoms with Gasteiger partial charge in [0.2, 0.25) is 0 Å². The summed E-state index contributed by atoms with van der Waals surface area (Å²) in [5.74, 6) is 1.44. The van der Waals surface area contributed by atoms with Crippen LogP contribution in [0.3, 0.4) is 0 Å². The summed E-state index contributed by atoms with van der Waals surface area (Å²) in [7, 11) is 0. The summed E-state index contributed by atoms with van der Waals surface area (Å²) >= 11 is 0. The van der Waals surface area contributed by atoms with E-state index in [4.69, 9.17) is 4.74 Å². The Morgan fingerprint density at radius 1 is 0.926 bits per heavy atom. The van der Waals surface area contributed by atoms with Gasteiger partial charge in [-0.1, -0.05) is 63.8 Å². The first kappa shape index (κ1) is 21.3. The fraction of sp³-hybridized carbons (Fsp3) is 0.565. The zero-order valence-electron chi connectivity index (χ0n) is 16.8. The van der Waals surface area contributed by atoms with Crippen molar-refractivity contribution in [1.82, 2.24) is 9.97 Å². The molecule has 0 radical (unpaired) electrons. The highest BCUT2D eigenvalue weighted by atomic mass is 19.1. The van der Waals surface area contributed by atoms with Crippen molar-refractivity contribution >= 4 is 0 Å². The van der Waals surface area contributed by atoms with E-state index in [0.29, 0.717) is 18.7 Å². The smallest absolute Gasteiger partial charge is 0.159 e. The lowest BCUT2D eigenvalue weighted by Gasteiger charge is -2.07. The fourth-order valence-electron chi connectivity index (χ4n) is 2.98. The SMILES string of the molecule is CCCCCCOc1cnc(-c2ccc(CCCCC(F)CC)cc2)nc1. The van der Waals surface area contributed by atoms with Crippen molar-refractivity contribution < 1.29 is 9.13 Å². The standard InChI is InChI=1S/C23H33FN2O/c1-3-5-6-9-16-27-22-17-25-23(26-18-22)20-14-12-19(13-15-20)10-7-8-11-21(24)4-2/h12-15,17-18,21H,3-11,16H2,1-2H3. The van der Waals surface area contributed by atoms with Crippen LogP contribution >= 0.6 is 0 Å². The van der Waals surface area contributed by atoms with E-state index in [1.807, 2.05) is 6.92 Å². The van der Waals surface area contributed by atoms with Crippen LogP contribution in [0.5, 0.6) is 5.75 Å². The van der Waals surface area contributed by atoms with Gasteiger partial charge in [0.1, 0.15) is 0 Å². The van der Waals surface area contributed by atoms with Crippen LogP contribution in [0.15, 0.2) is 36.7 Å². The number of nitrogens with zero attached hydrogens (tertiary/aromatic N) is 2. The van der Waals surface area contributed by atoms with E-state index < -0.39 is 6.17 Å². The van der Waals surface area contributed by atoms with Gasteiger partial charge in [-0.05, 0) is 37.7 Å². The number of hydrogen-bond donors (Lipinski definition) is 0. The molecule has 2 aromatic rings. The number of aryl methyl sites for hydroxylation is 1. The number of benzene rings is 1. The second-order valence-electron chi connectivity index (χ2n) is 7.10. The highest BCUT2D eigenvalue weighted by Gasteiger charge is 2.04. The van der Waals surface area contributed by atoms with E-state index >= 15 is 0 Å². The van der Waals surface area contributed by atoms with Crippen molar-refractivity contribution in [2.24, 2.45) is 0 Å². The minimum atomic E-state index is -0.646. The molecule has 0 spiro atoms. The van der Waals surface area contributed by atoms with Crippen LogP contribution in [0.2, 0.25) is 0 Å². The topological polar surface area (TPSA) is 35.0 Å². The van der Waals surface area contributed by atoms with Gasteiger partial charge in [0.15, 0.2) is 11.6 Å². The number of ether oxygens (including phenoxy) is 1. The summed E-state index contributed by atoms with van der Waals surface area (Å²) in [5.41, 5.74) is 2.28. The van der Waals surface area contributed by atoms with E-state index in [1.165, 1.54) is 24.8 Å². The summed E-state index contributed by atoms with van der Waals surface area (Å²) in [5, 5.41) is 0. The normalized spacial score (nSPS) is 12.1. The third kappa shape index (κ3) is 8.06. The molecule has 0 N–H and O–H groups in total. The molecule has 1 aromatic heterocycles. The predicted octanol–water partition coefficient (Wildman–Crippen LogP) is 6.56. The zero-order valence-corrected chi connectivity index (χ0v) is 16.8. The fourth-order valence-corrected chi connectivity index (χ4v) is 2.98. The Kier molecular flexibility index (Phi) is 9.81. The van der Waals surface area contributed by atoms with Gasteiger partial charge in [-0.25, -0.2) is 14.4 Å². The van der Waals surface area contributed by atoms with E-state index in [0.717, 1.165) is 43.6 Å². The first-order valence-corrected chi connectivity index (χ1v) is 10.4. The van der Waals surface area contributed by atoms with Crippen LogP contribution < -0.4 is 4.74 Å². The number of aromatic nitrogens is 2. The quantitative estimate of drug-likeness (QED) is 0.373. The molecule has 1 unspecified atom stereocenters. The number of alkyl halides is 1. The Bertz CT molecular complexity index is 628. The Balaban J connectivity index is 1.77. The summed E-state index contributed by atoms with van der Waals surface area (Å²) in [6.07, 6.45) is 11.9. The van der Waals surface area contributed by atoms with Crippen molar-refractivity contribution in [2.75, 3.05) is 6.61 Å². The van der Waals surface area contributed by atoms with E-state index in [-0.39, 0.29) is 0 Å². The molecule has 1 heterocycles. The molecule has 0 saturated heterocycles. The van der Waals surface area contributed by atoms with Gasteiger partial charge in [-0.3, -0.25) is 0 Å². The van der Waals surface area contributed by atoms with Gasteiger partial charge in [-0.2, -0.15) is 0 Å². The molecular weight excluding hydrogens is 339 g/mol. The maximum absolute atomic E-state index is 13.2. The average Bonchev–Trinajstić information content (AvgIpc) is 2.72. The molecule has 0 aliphatic rings. The molecule has 3 nitrogen and oxygen atoms in total. The van der Waals surface area contributed by atoms with E-state index in [9.17, 15) is 4.39 Å². The van der Waals surface area contributed by atoms with Crippen LogP contribution in [0, 0.1) is 0 Å². The molecule has 2 rings (SSSR count). The van der Waals surface area contributed by atoms with Crippen molar-refractivity contribution in [2.45, 2.75) is 77.8 Å². The lowest BCUT2D eigenvalue weighted by molar-refractivity contribution is 0.297. The molecule has 0 aliphatic carbocycles. The number of halogens is 1. The average molecular weight is 373 g/mol. The van der Waals surface area contributed by atoms with Crippen molar-refractivity contribution in [3.63, 3.8) is 0 Å². The predicted molar refractivity (Wildman–Crippen MR) is 110 cm³/mol. The monoisotopic (exact) mass is 372 g/mol. The lowest BCUT2D eigenvalue weighted by Crippen LogP contribution is -1.99. The largest absolute Gasteiger partial charge is 0.490 e. The van der Waals surface area contributed by atoms with Crippen LogP contribution in [-0.2, 0) is 6.42 Å². The van der Waals surface area contributed by atoms with Gasteiger partial charge in [0.05, 0.1) is 25.2 Å². The molecular formula is C23H33FN2O. The minimum absolute atomic E-state index is 0.622. The Hall–Kier alpha value is -1.97. The maximum atomic E-state index is 13.2. The van der Waals surface area contributed by atoms with Gasteiger partial charge < -0.3 is 4.74 Å². The van der Waals surface area contributed by atoms with Gasteiger partial charge >= 0.3 is 0 Å². The summed E-state index contributed by atoms with van der Waals surface area (Å²) in [4.78, 5) is 8.84. The number of unbranched alkanes of at least 4 members (excludes halogenated alkanes) is 4. The maximum Gasteiger partial charge on any atom is 0.159 e.